The molecule has 0 radical (unpaired) electrons. The van der Waals surface area contributed by atoms with Crippen molar-refractivity contribution in [1.82, 2.24) is 14.7 Å². The van der Waals surface area contributed by atoms with E-state index in [1.54, 1.807) is 19.5 Å². The molecule has 3 aromatic rings. The lowest BCUT2D eigenvalue weighted by Gasteiger charge is -2.18. The van der Waals surface area contributed by atoms with Crippen LogP contribution in [0.2, 0.25) is 0 Å². The lowest BCUT2D eigenvalue weighted by molar-refractivity contribution is 0.0953. The molecule has 0 bridgehead atoms. The molecule has 1 N–H and O–H groups in total. The van der Waals surface area contributed by atoms with Crippen LogP contribution in [-0.4, -0.2) is 49.1 Å². The molecule has 0 saturated carbocycles. The molecule has 3 rings (SSSR count). The highest BCUT2D eigenvalue weighted by Gasteiger charge is 2.10. The summed E-state index contributed by atoms with van der Waals surface area (Å²) >= 11 is 0. The summed E-state index contributed by atoms with van der Waals surface area (Å²) in [5.74, 6) is 0.962. The Morgan fingerprint density at radius 1 is 1.19 bits per heavy atom. The van der Waals surface area contributed by atoms with E-state index in [0.717, 1.165) is 29.9 Å². The zero-order valence-corrected chi connectivity index (χ0v) is 15.2. The van der Waals surface area contributed by atoms with Crippen molar-refractivity contribution in [2.75, 3.05) is 38.8 Å². The largest absolute Gasteiger partial charge is 0.383 e. The van der Waals surface area contributed by atoms with Gasteiger partial charge in [-0.15, -0.1) is 0 Å². The molecule has 0 unspecified atom stereocenters. The maximum absolute atomic E-state index is 12.5. The average molecular weight is 352 g/mol. The maximum Gasteiger partial charge on any atom is 0.252 e. The molecule has 0 spiro atoms. The number of anilines is 1. The Balaban J connectivity index is 1.68. The molecular weight excluding hydrogens is 328 g/mol. The Morgan fingerprint density at radius 2 is 1.96 bits per heavy atom. The summed E-state index contributed by atoms with van der Waals surface area (Å²) in [6.45, 7) is 2.02. The maximum atomic E-state index is 12.5. The van der Waals surface area contributed by atoms with E-state index in [9.17, 15) is 4.79 Å². The standard InChI is InChI=1S/C20H24N4O2/c1-23(13-14-26-2)19-6-5-18-4-3-17(15-24(18)19)20(25)22-12-9-16-7-10-21-11-8-16/h3-8,10-11,15H,9,12-14H2,1-2H3,(H,22,25). The van der Waals surface area contributed by atoms with E-state index in [1.807, 2.05) is 48.0 Å². The smallest absolute Gasteiger partial charge is 0.252 e. The molecular formula is C20H24N4O2. The number of fused-ring (bicyclic) bond motifs is 1. The number of hydrogen-bond donors (Lipinski definition) is 1. The van der Waals surface area contributed by atoms with Gasteiger partial charge in [0.25, 0.3) is 5.91 Å². The van der Waals surface area contributed by atoms with Crippen molar-refractivity contribution in [1.29, 1.82) is 0 Å². The van der Waals surface area contributed by atoms with Gasteiger partial charge in [0.05, 0.1) is 12.2 Å². The Bertz CT molecular complexity index is 861. The summed E-state index contributed by atoms with van der Waals surface area (Å²) in [4.78, 5) is 18.6. The number of carbonyl (C=O) groups excluding carboxylic acids is 1. The number of likely N-dealkylation sites (N-methyl/N-ethyl adjacent to an activating group) is 1. The first-order chi connectivity index (χ1) is 12.7. The highest BCUT2D eigenvalue weighted by Crippen LogP contribution is 2.19. The third kappa shape index (κ3) is 4.21. The summed E-state index contributed by atoms with van der Waals surface area (Å²) in [6.07, 6.45) is 6.19. The van der Waals surface area contributed by atoms with Crippen LogP contribution in [-0.2, 0) is 11.2 Å². The van der Waals surface area contributed by atoms with Crippen LogP contribution in [0.1, 0.15) is 15.9 Å². The number of nitrogens with zero attached hydrogens (tertiary/aromatic N) is 3. The third-order valence-corrected chi connectivity index (χ3v) is 4.36. The van der Waals surface area contributed by atoms with E-state index in [-0.39, 0.29) is 5.91 Å². The van der Waals surface area contributed by atoms with Gasteiger partial charge in [-0.05, 0) is 48.4 Å². The number of carbonyl (C=O) groups is 1. The lowest BCUT2D eigenvalue weighted by atomic mass is 10.2. The van der Waals surface area contributed by atoms with E-state index in [1.165, 1.54) is 0 Å². The fourth-order valence-electron chi connectivity index (χ4n) is 2.85. The van der Waals surface area contributed by atoms with Crippen molar-refractivity contribution in [2.45, 2.75) is 6.42 Å². The van der Waals surface area contributed by atoms with Crippen LogP contribution in [0.5, 0.6) is 0 Å². The van der Waals surface area contributed by atoms with Crippen LogP contribution >= 0.6 is 0 Å². The number of hydrogen-bond acceptors (Lipinski definition) is 4. The van der Waals surface area contributed by atoms with Crippen LogP contribution in [0.4, 0.5) is 5.82 Å². The second-order valence-electron chi connectivity index (χ2n) is 6.18. The van der Waals surface area contributed by atoms with Gasteiger partial charge >= 0.3 is 0 Å². The molecule has 3 aromatic heterocycles. The Labute approximate surface area is 153 Å². The average Bonchev–Trinajstić information content (AvgIpc) is 3.10. The van der Waals surface area contributed by atoms with Gasteiger partial charge in [-0.25, -0.2) is 0 Å². The first kappa shape index (κ1) is 17.9. The highest BCUT2D eigenvalue weighted by molar-refractivity contribution is 5.94. The van der Waals surface area contributed by atoms with Crippen LogP contribution in [0.15, 0.2) is 55.0 Å². The van der Waals surface area contributed by atoms with E-state index in [0.29, 0.717) is 18.7 Å². The highest BCUT2D eigenvalue weighted by atomic mass is 16.5. The third-order valence-electron chi connectivity index (χ3n) is 4.36. The van der Waals surface area contributed by atoms with Gasteiger partial charge in [-0.3, -0.25) is 9.78 Å². The predicted octanol–water partition coefficient (Wildman–Crippen LogP) is 2.39. The molecule has 136 valence electrons. The van der Waals surface area contributed by atoms with Crippen molar-refractivity contribution in [3.8, 4) is 0 Å². The SMILES string of the molecule is COCCN(C)c1ccc2ccc(C(=O)NCCc3ccncc3)cn12. The van der Waals surface area contributed by atoms with Crippen molar-refractivity contribution < 1.29 is 9.53 Å². The van der Waals surface area contributed by atoms with Gasteiger partial charge in [0.1, 0.15) is 5.82 Å². The predicted molar refractivity (Wildman–Crippen MR) is 103 cm³/mol. The van der Waals surface area contributed by atoms with E-state index >= 15 is 0 Å². The van der Waals surface area contributed by atoms with Crippen LogP contribution in [0.25, 0.3) is 5.52 Å². The van der Waals surface area contributed by atoms with E-state index < -0.39 is 0 Å². The molecule has 1 amide bonds. The zero-order valence-electron chi connectivity index (χ0n) is 15.2. The molecule has 0 aliphatic heterocycles. The van der Waals surface area contributed by atoms with Crippen LogP contribution in [0.3, 0.4) is 0 Å². The molecule has 26 heavy (non-hydrogen) atoms. The van der Waals surface area contributed by atoms with Crippen molar-refractivity contribution >= 4 is 17.2 Å². The molecule has 0 aliphatic rings. The molecule has 0 atom stereocenters. The van der Waals surface area contributed by atoms with Gasteiger partial charge < -0.3 is 19.4 Å². The van der Waals surface area contributed by atoms with Crippen molar-refractivity contribution in [3.05, 3.63) is 66.1 Å². The van der Waals surface area contributed by atoms with Gasteiger partial charge in [0.15, 0.2) is 0 Å². The van der Waals surface area contributed by atoms with Gasteiger partial charge in [0, 0.05) is 51.4 Å². The molecule has 0 saturated heterocycles. The summed E-state index contributed by atoms with van der Waals surface area (Å²) in [5, 5.41) is 2.98. The minimum absolute atomic E-state index is 0.0693. The van der Waals surface area contributed by atoms with Crippen molar-refractivity contribution in [3.63, 3.8) is 0 Å². The Kier molecular flexibility index (Phi) is 5.86. The van der Waals surface area contributed by atoms with Gasteiger partial charge in [-0.2, -0.15) is 0 Å². The molecule has 0 aromatic carbocycles. The monoisotopic (exact) mass is 352 g/mol. The Morgan fingerprint density at radius 3 is 2.73 bits per heavy atom. The van der Waals surface area contributed by atoms with E-state index in [4.69, 9.17) is 4.74 Å². The number of ether oxygens (including phenoxy) is 1. The lowest BCUT2D eigenvalue weighted by Crippen LogP contribution is -2.26. The fraction of sp³-hybridized carbons (Fsp3) is 0.300. The van der Waals surface area contributed by atoms with Gasteiger partial charge in [0.2, 0.25) is 0 Å². The first-order valence-corrected chi connectivity index (χ1v) is 8.67. The number of methoxy groups -OCH3 is 1. The summed E-state index contributed by atoms with van der Waals surface area (Å²) < 4.78 is 7.18. The second-order valence-corrected chi connectivity index (χ2v) is 6.18. The van der Waals surface area contributed by atoms with Crippen LogP contribution < -0.4 is 10.2 Å². The molecule has 0 fully saturated rings. The number of nitrogens with one attached hydrogen (secondary N) is 1. The Hall–Kier alpha value is -2.86. The molecule has 0 aliphatic carbocycles. The summed E-state index contributed by atoms with van der Waals surface area (Å²) in [7, 11) is 3.71. The summed E-state index contributed by atoms with van der Waals surface area (Å²) in [5.41, 5.74) is 2.85. The minimum Gasteiger partial charge on any atom is -0.383 e. The zero-order chi connectivity index (χ0) is 18.4. The first-order valence-electron chi connectivity index (χ1n) is 8.67. The fourth-order valence-corrected chi connectivity index (χ4v) is 2.85. The summed E-state index contributed by atoms with van der Waals surface area (Å²) in [6, 6.07) is 11.8. The topological polar surface area (TPSA) is 58.9 Å². The quantitative estimate of drug-likeness (QED) is 0.676. The van der Waals surface area contributed by atoms with Gasteiger partial charge in [-0.1, -0.05) is 0 Å². The minimum atomic E-state index is -0.0693. The van der Waals surface area contributed by atoms with Crippen LogP contribution in [0, 0.1) is 0 Å². The molecule has 3 heterocycles. The van der Waals surface area contributed by atoms with E-state index in [2.05, 4.69) is 21.3 Å². The molecule has 6 nitrogen and oxygen atoms in total. The number of rotatable bonds is 8. The second kappa shape index (κ2) is 8.49. The molecule has 6 heteroatoms. The number of pyridine rings is 2. The number of aromatic nitrogens is 2. The normalized spacial score (nSPS) is 10.8. The number of amides is 1. The van der Waals surface area contributed by atoms with Crippen molar-refractivity contribution in [2.24, 2.45) is 0 Å².